The van der Waals surface area contributed by atoms with E-state index in [1.165, 1.54) is 24.8 Å². The van der Waals surface area contributed by atoms with Gasteiger partial charge in [0.15, 0.2) is 0 Å². The number of ether oxygens (including phenoxy) is 1. The molecule has 6 nitrogen and oxygen atoms in total. The molecule has 0 bridgehead atoms. The average molecular weight is 383 g/mol. The Morgan fingerprint density at radius 2 is 1.70 bits per heavy atom. The SMILES string of the molecule is COc1ccc(S(=O)(=O)Nc2ccc(N(C)Cc3ccccc3)cn2)cc1. The Balaban J connectivity index is 1.69. The van der Waals surface area contributed by atoms with E-state index < -0.39 is 10.0 Å². The van der Waals surface area contributed by atoms with Crippen molar-refractivity contribution in [3.8, 4) is 5.75 Å². The third-order valence-electron chi connectivity index (χ3n) is 4.06. The molecule has 1 heterocycles. The summed E-state index contributed by atoms with van der Waals surface area (Å²) in [7, 11) is -0.208. The first-order chi connectivity index (χ1) is 13.0. The molecule has 0 aliphatic heterocycles. The van der Waals surface area contributed by atoms with Crippen molar-refractivity contribution in [1.82, 2.24) is 4.98 Å². The molecule has 1 aromatic heterocycles. The van der Waals surface area contributed by atoms with Gasteiger partial charge in [0.05, 0.1) is 23.9 Å². The van der Waals surface area contributed by atoms with Crippen LogP contribution in [-0.4, -0.2) is 27.6 Å². The quantitative estimate of drug-likeness (QED) is 0.676. The predicted octanol–water partition coefficient (Wildman–Crippen LogP) is 3.53. The van der Waals surface area contributed by atoms with Crippen LogP contribution in [0.2, 0.25) is 0 Å². The second kappa shape index (κ2) is 8.09. The largest absolute Gasteiger partial charge is 0.497 e. The summed E-state index contributed by atoms with van der Waals surface area (Å²) < 4.78 is 32.5. The standard InChI is InChI=1S/C20H21N3O3S/c1-23(15-16-6-4-3-5-7-16)17-8-13-20(21-14-17)22-27(24,25)19-11-9-18(26-2)10-12-19/h3-14H,15H2,1-2H3,(H,21,22). The molecule has 3 rings (SSSR count). The van der Waals surface area contributed by atoms with Crippen molar-refractivity contribution < 1.29 is 13.2 Å². The highest BCUT2D eigenvalue weighted by Crippen LogP contribution is 2.20. The summed E-state index contributed by atoms with van der Waals surface area (Å²) in [5, 5.41) is 0. The maximum Gasteiger partial charge on any atom is 0.263 e. The molecule has 1 N–H and O–H groups in total. The molecule has 0 saturated heterocycles. The average Bonchev–Trinajstić information content (AvgIpc) is 2.69. The lowest BCUT2D eigenvalue weighted by Gasteiger charge is -2.19. The minimum atomic E-state index is -3.70. The van der Waals surface area contributed by atoms with Gasteiger partial charge in [-0.1, -0.05) is 30.3 Å². The third kappa shape index (κ3) is 4.77. The van der Waals surface area contributed by atoms with Crippen LogP contribution in [-0.2, 0) is 16.6 Å². The molecule has 0 aliphatic rings. The molecule has 3 aromatic rings. The highest BCUT2D eigenvalue weighted by molar-refractivity contribution is 7.92. The molecule has 0 aliphatic carbocycles. The fraction of sp³-hybridized carbons (Fsp3) is 0.150. The van der Waals surface area contributed by atoms with Gasteiger partial charge in [-0.3, -0.25) is 4.72 Å². The van der Waals surface area contributed by atoms with E-state index in [2.05, 4.69) is 21.8 Å². The van der Waals surface area contributed by atoms with Crippen LogP contribution >= 0.6 is 0 Å². The van der Waals surface area contributed by atoms with Crippen LogP contribution in [0, 0.1) is 0 Å². The molecule has 0 unspecified atom stereocenters. The molecule has 0 atom stereocenters. The number of anilines is 2. The number of rotatable bonds is 7. The molecule has 0 fully saturated rings. The van der Waals surface area contributed by atoms with E-state index in [9.17, 15) is 8.42 Å². The first kappa shape index (κ1) is 18.7. The molecule has 0 radical (unpaired) electrons. The fourth-order valence-electron chi connectivity index (χ4n) is 2.57. The van der Waals surface area contributed by atoms with E-state index in [0.717, 1.165) is 12.2 Å². The number of hydrogen-bond donors (Lipinski definition) is 1. The van der Waals surface area contributed by atoms with Gasteiger partial charge in [0.1, 0.15) is 11.6 Å². The summed E-state index contributed by atoms with van der Waals surface area (Å²) in [6.07, 6.45) is 1.65. The minimum Gasteiger partial charge on any atom is -0.497 e. The number of sulfonamides is 1. The molecular weight excluding hydrogens is 362 g/mol. The van der Waals surface area contributed by atoms with Crippen LogP contribution in [0.25, 0.3) is 0 Å². The van der Waals surface area contributed by atoms with Crippen LogP contribution in [0.15, 0.2) is 77.8 Å². The van der Waals surface area contributed by atoms with Gasteiger partial charge in [-0.25, -0.2) is 13.4 Å². The Morgan fingerprint density at radius 1 is 1.00 bits per heavy atom. The highest BCUT2D eigenvalue weighted by atomic mass is 32.2. The predicted molar refractivity (Wildman–Crippen MR) is 107 cm³/mol. The van der Waals surface area contributed by atoms with Crippen LogP contribution in [0.4, 0.5) is 11.5 Å². The lowest BCUT2D eigenvalue weighted by molar-refractivity contribution is 0.414. The van der Waals surface area contributed by atoms with Crippen LogP contribution in [0.5, 0.6) is 5.75 Å². The summed E-state index contributed by atoms with van der Waals surface area (Å²) in [6.45, 7) is 0.736. The van der Waals surface area contributed by atoms with E-state index in [1.54, 1.807) is 24.4 Å². The Hall–Kier alpha value is -3.06. The molecule has 7 heteroatoms. The maximum atomic E-state index is 12.5. The first-order valence-corrected chi connectivity index (χ1v) is 9.84. The van der Waals surface area contributed by atoms with E-state index in [0.29, 0.717) is 5.75 Å². The van der Waals surface area contributed by atoms with Crippen molar-refractivity contribution in [2.24, 2.45) is 0 Å². The molecule has 0 saturated carbocycles. The maximum absolute atomic E-state index is 12.5. The first-order valence-electron chi connectivity index (χ1n) is 8.36. The Morgan fingerprint density at radius 3 is 2.30 bits per heavy atom. The Kier molecular flexibility index (Phi) is 5.61. The highest BCUT2D eigenvalue weighted by Gasteiger charge is 2.15. The summed E-state index contributed by atoms with van der Waals surface area (Å²) in [5.41, 5.74) is 2.08. The normalized spacial score (nSPS) is 11.0. The van der Waals surface area contributed by atoms with Crippen LogP contribution in [0.3, 0.4) is 0 Å². The monoisotopic (exact) mass is 383 g/mol. The van der Waals surface area contributed by atoms with Gasteiger partial charge in [-0.05, 0) is 42.0 Å². The Labute approximate surface area is 159 Å². The van der Waals surface area contributed by atoms with Crippen molar-refractivity contribution in [2.75, 3.05) is 23.8 Å². The number of pyridine rings is 1. The number of aromatic nitrogens is 1. The number of nitrogens with zero attached hydrogens (tertiary/aromatic N) is 2. The topological polar surface area (TPSA) is 71.5 Å². The lowest BCUT2D eigenvalue weighted by atomic mass is 10.2. The van der Waals surface area contributed by atoms with Crippen molar-refractivity contribution in [1.29, 1.82) is 0 Å². The van der Waals surface area contributed by atoms with Crippen LogP contribution in [0.1, 0.15) is 5.56 Å². The van der Waals surface area contributed by atoms with Gasteiger partial charge >= 0.3 is 0 Å². The third-order valence-corrected chi connectivity index (χ3v) is 5.43. The van der Waals surface area contributed by atoms with Crippen molar-refractivity contribution in [2.45, 2.75) is 11.4 Å². The molecule has 27 heavy (non-hydrogen) atoms. The summed E-state index contributed by atoms with van der Waals surface area (Å²) in [5.74, 6) is 0.862. The van der Waals surface area contributed by atoms with Crippen LogP contribution < -0.4 is 14.4 Å². The molecule has 140 valence electrons. The summed E-state index contributed by atoms with van der Waals surface area (Å²) >= 11 is 0. The van der Waals surface area contributed by atoms with Crippen molar-refractivity contribution >= 4 is 21.5 Å². The molecule has 2 aromatic carbocycles. The number of methoxy groups -OCH3 is 1. The molecular formula is C20H21N3O3S. The lowest BCUT2D eigenvalue weighted by Crippen LogP contribution is -2.17. The number of benzene rings is 2. The van der Waals surface area contributed by atoms with Gasteiger partial charge in [0, 0.05) is 13.6 Å². The zero-order valence-corrected chi connectivity index (χ0v) is 16.0. The van der Waals surface area contributed by atoms with E-state index in [4.69, 9.17) is 4.74 Å². The number of hydrogen-bond acceptors (Lipinski definition) is 5. The summed E-state index contributed by atoms with van der Waals surface area (Å²) in [4.78, 5) is 6.42. The second-order valence-corrected chi connectivity index (χ2v) is 7.71. The summed E-state index contributed by atoms with van der Waals surface area (Å²) in [6, 6.07) is 19.8. The molecule has 0 spiro atoms. The smallest absolute Gasteiger partial charge is 0.263 e. The zero-order valence-electron chi connectivity index (χ0n) is 15.2. The molecule has 0 amide bonds. The van der Waals surface area contributed by atoms with Gasteiger partial charge in [-0.15, -0.1) is 0 Å². The van der Waals surface area contributed by atoms with Gasteiger partial charge in [0.25, 0.3) is 10.0 Å². The second-order valence-electron chi connectivity index (χ2n) is 6.02. The Bertz CT molecular complexity index is 973. The zero-order chi connectivity index (χ0) is 19.3. The van der Waals surface area contributed by atoms with Crippen molar-refractivity contribution in [3.63, 3.8) is 0 Å². The van der Waals surface area contributed by atoms with Gasteiger partial charge in [-0.2, -0.15) is 0 Å². The fourth-order valence-corrected chi connectivity index (χ4v) is 3.58. The van der Waals surface area contributed by atoms with Gasteiger partial charge < -0.3 is 9.64 Å². The van der Waals surface area contributed by atoms with E-state index in [1.807, 2.05) is 36.2 Å². The number of nitrogens with one attached hydrogen (secondary N) is 1. The minimum absolute atomic E-state index is 0.148. The van der Waals surface area contributed by atoms with E-state index >= 15 is 0 Å². The van der Waals surface area contributed by atoms with Crippen molar-refractivity contribution in [3.05, 3.63) is 78.5 Å². The van der Waals surface area contributed by atoms with E-state index in [-0.39, 0.29) is 10.7 Å². The van der Waals surface area contributed by atoms with Gasteiger partial charge in [0.2, 0.25) is 0 Å².